The Bertz CT molecular complexity index is 432. The molecule has 2 N–H and O–H groups in total. The van der Waals surface area contributed by atoms with Crippen LogP contribution in [0.3, 0.4) is 0 Å². The highest BCUT2D eigenvalue weighted by Gasteiger charge is 2.08. The topological polar surface area (TPSA) is 82.3 Å². The number of aryl methyl sites for hydroxylation is 1. The Balaban J connectivity index is 2.35. The highest BCUT2D eigenvalue weighted by molar-refractivity contribution is 7.84. The summed E-state index contributed by atoms with van der Waals surface area (Å²) >= 11 is 12.6. The lowest BCUT2D eigenvalue weighted by atomic mass is 10.3. The molecular formula is C6H8Cl2N2O3S2. The molecule has 1 aromatic heterocycles. The molecule has 0 bridgehead atoms. The molecule has 15 heavy (non-hydrogen) atoms. The predicted octanol–water partition coefficient (Wildman–Crippen LogP) is 1.60. The van der Waals surface area contributed by atoms with Gasteiger partial charge in [0.1, 0.15) is 5.15 Å². The Morgan fingerprint density at radius 3 is 2.60 bits per heavy atom. The summed E-state index contributed by atoms with van der Waals surface area (Å²) in [6.07, 6.45) is 1.04. The van der Waals surface area contributed by atoms with Gasteiger partial charge in [-0.25, -0.2) is 10.1 Å². The third kappa shape index (κ3) is 5.10. The van der Waals surface area contributed by atoms with Gasteiger partial charge in [0.15, 0.2) is 4.47 Å². The van der Waals surface area contributed by atoms with Crippen LogP contribution in [0, 0.1) is 0 Å². The van der Waals surface area contributed by atoms with E-state index in [1.807, 2.05) is 0 Å². The monoisotopic (exact) mass is 290 g/mol. The van der Waals surface area contributed by atoms with Gasteiger partial charge in [-0.1, -0.05) is 23.2 Å². The van der Waals surface area contributed by atoms with Gasteiger partial charge in [0.05, 0.1) is 6.61 Å². The molecule has 0 saturated heterocycles. The Morgan fingerprint density at radius 2 is 2.13 bits per heavy atom. The van der Waals surface area contributed by atoms with Crippen molar-refractivity contribution in [2.24, 2.45) is 5.14 Å². The van der Waals surface area contributed by atoms with Gasteiger partial charge in [0.2, 0.25) is 0 Å². The van der Waals surface area contributed by atoms with Gasteiger partial charge in [-0.05, 0) is 12.8 Å². The first-order chi connectivity index (χ1) is 6.88. The van der Waals surface area contributed by atoms with Gasteiger partial charge in [-0.3, -0.25) is 4.18 Å². The van der Waals surface area contributed by atoms with Gasteiger partial charge in [-0.15, -0.1) is 11.3 Å². The molecule has 5 nitrogen and oxygen atoms in total. The number of nitrogens with two attached hydrogens (primary N) is 1. The SMILES string of the molecule is NS(=O)(=O)OCCCc1sc(Cl)nc1Cl. The van der Waals surface area contributed by atoms with Crippen LogP contribution in [0.1, 0.15) is 11.3 Å². The van der Waals surface area contributed by atoms with Crippen molar-refractivity contribution < 1.29 is 12.6 Å². The zero-order valence-corrected chi connectivity index (χ0v) is 10.6. The van der Waals surface area contributed by atoms with Crippen molar-refractivity contribution in [2.45, 2.75) is 12.8 Å². The molecule has 0 aliphatic carbocycles. The van der Waals surface area contributed by atoms with Crippen molar-refractivity contribution >= 4 is 44.8 Å². The normalized spacial score (nSPS) is 11.9. The van der Waals surface area contributed by atoms with Crippen LogP contribution in [0.25, 0.3) is 0 Å². The minimum absolute atomic E-state index is 0.0185. The van der Waals surface area contributed by atoms with Crippen molar-refractivity contribution in [2.75, 3.05) is 6.61 Å². The number of halogens is 2. The van der Waals surface area contributed by atoms with E-state index in [4.69, 9.17) is 23.2 Å². The molecule has 0 fully saturated rings. The third-order valence-electron chi connectivity index (χ3n) is 1.42. The molecule has 0 atom stereocenters. The Labute approximate surface area is 101 Å². The fourth-order valence-electron chi connectivity index (χ4n) is 0.868. The third-order valence-corrected chi connectivity index (χ3v) is 3.56. The van der Waals surface area contributed by atoms with Crippen LogP contribution in [-0.2, 0) is 20.9 Å². The van der Waals surface area contributed by atoms with E-state index in [0.29, 0.717) is 22.5 Å². The molecule has 1 aromatic rings. The van der Waals surface area contributed by atoms with E-state index >= 15 is 0 Å². The maximum Gasteiger partial charge on any atom is 0.333 e. The standard InChI is InChI=1S/C6H8Cl2N2O3S2/c7-5-4(14-6(8)10-5)2-1-3-13-15(9,11)12/h1-3H2,(H2,9,11,12). The molecule has 0 amide bonds. The molecule has 1 rings (SSSR count). The van der Waals surface area contributed by atoms with Crippen LogP contribution in [0.15, 0.2) is 0 Å². The summed E-state index contributed by atoms with van der Waals surface area (Å²) < 4.78 is 25.5. The average Bonchev–Trinajstić information content (AvgIpc) is 2.37. The lowest BCUT2D eigenvalue weighted by Crippen LogP contribution is -2.16. The first-order valence-corrected chi connectivity index (χ1v) is 6.91. The van der Waals surface area contributed by atoms with Gasteiger partial charge in [0.25, 0.3) is 0 Å². The molecule has 0 aliphatic heterocycles. The number of hydrogen-bond donors (Lipinski definition) is 1. The van der Waals surface area contributed by atoms with E-state index in [1.165, 1.54) is 11.3 Å². The largest absolute Gasteiger partial charge is 0.333 e. The molecule has 1 heterocycles. The summed E-state index contributed by atoms with van der Waals surface area (Å²) in [5.41, 5.74) is 0. The fraction of sp³-hybridized carbons (Fsp3) is 0.500. The molecule has 0 aliphatic rings. The number of rotatable bonds is 5. The minimum atomic E-state index is -3.85. The van der Waals surface area contributed by atoms with E-state index in [2.05, 4.69) is 14.3 Å². The van der Waals surface area contributed by atoms with Gasteiger partial charge >= 0.3 is 10.3 Å². The number of hydrogen-bond acceptors (Lipinski definition) is 5. The maximum absolute atomic E-state index is 10.4. The van der Waals surface area contributed by atoms with Crippen molar-refractivity contribution in [3.8, 4) is 0 Å². The lowest BCUT2D eigenvalue weighted by molar-refractivity contribution is 0.313. The van der Waals surface area contributed by atoms with E-state index < -0.39 is 10.3 Å². The summed E-state index contributed by atoms with van der Waals surface area (Å²) in [7, 11) is -3.85. The Hall–Kier alpha value is 0.0800. The van der Waals surface area contributed by atoms with Crippen molar-refractivity contribution in [1.82, 2.24) is 4.98 Å². The molecule has 0 spiro atoms. The summed E-state index contributed by atoms with van der Waals surface area (Å²) in [6, 6.07) is 0. The van der Waals surface area contributed by atoms with Crippen molar-refractivity contribution in [3.05, 3.63) is 14.5 Å². The second-order valence-electron chi connectivity index (χ2n) is 2.60. The van der Waals surface area contributed by atoms with Crippen LogP contribution < -0.4 is 5.14 Å². The Morgan fingerprint density at radius 1 is 1.47 bits per heavy atom. The molecular weight excluding hydrogens is 283 g/mol. The smallest absolute Gasteiger partial charge is 0.258 e. The first kappa shape index (κ1) is 13.1. The quantitative estimate of drug-likeness (QED) is 0.835. The second-order valence-corrected chi connectivity index (χ2v) is 5.84. The molecule has 0 aromatic carbocycles. The van der Waals surface area contributed by atoms with E-state index in [-0.39, 0.29) is 6.61 Å². The summed E-state index contributed by atoms with van der Waals surface area (Å²) in [6.45, 7) is 0.0185. The predicted molar refractivity (Wildman–Crippen MR) is 59.5 cm³/mol. The van der Waals surface area contributed by atoms with Crippen LogP contribution in [-0.4, -0.2) is 20.0 Å². The van der Waals surface area contributed by atoms with Crippen LogP contribution in [0.4, 0.5) is 0 Å². The highest BCUT2D eigenvalue weighted by Crippen LogP contribution is 2.27. The van der Waals surface area contributed by atoms with Gasteiger partial charge < -0.3 is 0 Å². The van der Waals surface area contributed by atoms with Crippen LogP contribution in [0.2, 0.25) is 9.62 Å². The number of thiazole rings is 1. The summed E-state index contributed by atoms with van der Waals surface area (Å²) in [4.78, 5) is 4.61. The maximum atomic E-state index is 10.4. The summed E-state index contributed by atoms with van der Waals surface area (Å²) in [5, 5.41) is 4.99. The zero-order chi connectivity index (χ0) is 11.5. The van der Waals surface area contributed by atoms with E-state index in [9.17, 15) is 8.42 Å². The van der Waals surface area contributed by atoms with Gasteiger partial charge in [-0.2, -0.15) is 8.42 Å². The van der Waals surface area contributed by atoms with E-state index in [1.54, 1.807) is 0 Å². The zero-order valence-electron chi connectivity index (χ0n) is 7.44. The van der Waals surface area contributed by atoms with Crippen molar-refractivity contribution in [1.29, 1.82) is 0 Å². The lowest BCUT2D eigenvalue weighted by Gasteiger charge is -1.99. The van der Waals surface area contributed by atoms with Crippen molar-refractivity contribution in [3.63, 3.8) is 0 Å². The molecule has 0 saturated carbocycles. The molecule has 0 radical (unpaired) electrons. The summed E-state index contributed by atoms with van der Waals surface area (Å²) in [5.74, 6) is 0. The first-order valence-electron chi connectivity index (χ1n) is 3.86. The van der Waals surface area contributed by atoms with Gasteiger partial charge in [0, 0.05) is 4.88 Å². The number of aromatic nitrogens is 1. The number of nitrogens with zero attached hydrogens (tertiary/aromatic N) is 1. The highest BCUT2D eigenvalue weighted by atomic mass is 35.5. The fourth-order valence-corrected chi connectivity index (χ4v) is 2.69. The molecule has 0 unspecified atom stereocenters. The average molecular weight is 291 g/mol. The van der Waals surface area contributed by atoms with Crippen LogP contribution >= 0.6 is 34.5 Å². The second kappa shape index (κ2) is 5.42. The minimum Gasteiger partial charge on any atom is -0.258 e. The molecule has 9 heteroatoms. The molecule has 86 valence electrons. The van der Waals surface area contributed by atoms with E-state index in [0.717, 1.165) is 4.88 Å². The Kier molecular flexibility index (Phi) is 4.75. The van der Waals surface area contributed by atoms with Crippen LogP contribution in [0.5, 0.6) is 0 Å².